The number of aromatic carboxylic acids is 1. The fourth-order valence-corrected chi connectivity index (χ4v) is 2.92. The van der Waals surface area contributed by atoms with Crippen molar-refractivity contribution >= 4 is 23.2 Å². The van der Waals surface area contributed by atoms with Crippen molar-refractivity contribution in [2.45, 2.75) is 26.8 Å². The number of carboxylic acid groups (broad SMARTS) is 1. The van der Waals surface area contributed by atoms with E-state index in [1.807, 2.05) is 6.92 Å². The van der Waals surface area contributed by atoms with Crippen molar-refractivity contribution in [1.82, 2.24) is 0 Å². The van der Waals surface area contributed by atoms with Gasteiger partial charge in [0.25, 0.3) is 0 Å². The predicted molar refractivity (Wildman–Crippen MR) is 71.5 cm³/mol. The van der Waals surface area contributed by atoms with E-state index in [9.17, 15) is 4.79 Å². The molecule has 0 fully saturated rings. The van der Waals surface area contributed by atoms with E-state index in [0.29, 0.717) is 5.88 Å². The van der Waals surface area contributed by atoms with Crippen LogP contribution in [0.15, 0.2) is 22.6 Å². The summed E-state index contributed by atoms with van der Waals surface area (Å²) < 4.78 is 5.18. The summed E-state index contributed by atoms with van der Waals surface area (Å²) in [7, 11) is 0. The van der Waals surface area contributed by atoms with Crippen molar-refractivity contribution in [1.29, 1.82) is 0 Å². The first-order valence-electron chi connectivity index (χ1n) is 5.64. The molecular formula is C13H15NO3S. The smallest absolute Gasteiger partial charge is 0.371 e. The van der Waals surface area contributed by atoms with Gasteiger partial charge in [-0.1, -0.05) is 0 Å². The minimum atomic E-state index is -1.06. The molecule has 2 N–H and O–H groups in total. The molecular weight excluding hydrogens is 250 g/mol. The maximum absolute atomic E-state index is 10.7. The number of aryl methyl sites for hydroxylation is 2. The first kappa shape index (κ1) is 12.7. The number of hydrogen-bond acceptors (Lipinski definition) is 4. The van der Waals surface area contributed by atoms with Crippen LogP contribution in [0.25, 0.3) is 0 Å². The van der Waals surface area contributed by atoms with E-state index in [2.05, 4.69) is 25.2 Å². The summed E-state index contributed by atoms with van der Waals surface area (Å²) in [4.78, 5) is 13.2. The molecule has 18 heavy (non-hydrogen) atoms. The van der Waals surface area contributed by atoms with Crippen LogP contribution in [0, 0.1) is 13.8 Å². The zero-order valence-electron chi connectivity index (χ0n) is 10.5. The zero-order valence-corrected chi connectivity index (χ0v) is 11.3. The van der Waals surface area contributed by atoms with Crippen molar-refractivity contribution in [3.05, 3.63) is 39.3 Å². The summed E-state index contributed by atoms with van der Waals surface area (Å²) in [6.45, 7) is 6.18. The molecule has 1 atom stereocenters. The topological polar surface area (TPSA) is 62.5 Å². The van der Waals surface area contributed by atoms with Crippen molar-refractivity contribution in [2.75, 3.05) is 5.32 Å². The highest BCUT2D eigenvalue weighted by molar-refractivity contribution is 7.12. The number of thiophene rings is 1. The van der Waals surface area contributed by atoms with E-state index >= 15 is 0 Å². The van der Waals surface area contributed by atoms with E-state index in [0.717, 1.165) is 0 Å². The second-order valence-electron chi connectivity index (χ2n) is 4.20. The molecule has 0 aromatic carbocycles. The third-order valence-corrected chi connectivity index (χ3v) is 3.70. The Morgan fingerprint density at radius 3 is 2.67 bits per heavy atom. The van der Waals surface area contributed by atoms with Gasteiger partial charge in [-0.2, -0.15) is 0 Å². The highest BCUT2D eigenvalue weighted by atomic mass is 32.1. The Morgan fingerprint density at radius 1 is 1.44 bits per heavy atom. The standard InChI is InChI=1S/C13H15NO3S/c1-7-6-10(9(3)18-7)8(2)14-12-5-4-11(17-12)13(15)16/h4-6,8,14H,1-3H3,(H,15,16). The first-order valence-corrected chi connectivity index (χ1v) is 6.45. The quantitative estimate of drug-likeness (QED) is 0.882. The third-order valence-electron chi connectivity index (χ3n) is 2.72. The largest absolute Gasteiger partial charge is 0.475 e. The number of hydrogen-bond donors (Lipinski definition) is 2. The number of carboxylic acids is 1. The van der Waals surface area contributed by atoms with Crippen LogP contribution in [0.3, 0.4) is 0 Å². The lowest BCUT2D eigenvalue weighted by Gasteiger charge is -2.12. The Morgan fingerprint density at radius 2 is 2.17 bits per heavy atom. The Labute approximate surface area is 109 Å². The molecule has 0 radical (unpaired) electrons. The minimum Gasteiger partial charge on any atom is -0.475 e. The van der Waals surface area contributed by atoms with E-state index in [1.165, 1.54) is 21.4 Å². The fraction of sp³-hybridized carbons (Fsp3) is 0.308. The molecule has 2 rings (SSSR count). The van der Waals surface area contributed by atoms with Gasteiger partial charge in [0, 0.05) is 15.8 Å². The molecule has 0 saturated carbocycles. The van der Waals surface area contributed by atoms with Gasteiger partial charge in [-0.3, -0.25) is 0 Å². The third kappa shape index (κ3) is 2.56. The molecule has 0 saturated heterocycles. The number of nitrogens with one attached hydrogen (secondary N) is 1. The van der Waals surface area contributed by atoms with Gasteiger partial charge in [0.05, 0.1) is 6.04 Å². The molecule has 4 nitrogen and oxygen atoms in total. The molecule has 0 aliphatic carbocycles. The maximum atomic E-state index is 10.7. The van der Waals surface area contributed by atoms with E-state index in [1.54, 1.807) is 17.4 Å². The van der Waals surface area contributed by atoms with Gasteiger partial charge in [-0.25, -0.2) is 4.79 Å². The normalized spacial score (nSPS) is 12.4. The summed E-state index contributed by atoms with van der Waals surface area (Å²) in [5.74, 6) is -0.635. The Balaban J connectivity index is 2.13. The van der Waals surface area contributed by atoms with Gasteiger partial charge in [-0.15, -0.1) is 11.3 Å². The van der Waals surface area contributed by atoms with Gasteiger partial charge in [0.15, 0.2) is 5.88 Å². The second-order valence-corrected chi connectivity index (χ2v) is 5.66. The van der Waals surface area contributed by atoms with E-state index < -0.39 is 5.97 Å². The highest BCUT2D eigenvalue weighted by Crippen LogP contribution is 2.29. The zero-order chi connectivity index (χ0) is 13.3. The lowest BCUT2D eigenvalue weighted by Crippen LogP contribution is -2.06. The number of rotatable bonds is 4. The van der Waals surface area contributed by atoms with Crippen LogP contribution in [-0.2, 0) is 0 Å². The molecule has 0 spiro atoms. The molecule has 0 amide bonds. The average Bonchev–Trinajstić information content (AvgIpc) is 2.85. The van der Waals surface area contributed by atoms with Gasteiger partial charge < -0.3 is 14.8 Å². The van der Waals surface area contributed by atoms with Crippen LogP contribution in [0.2, 0.25) is 0 Å². The highest BCUT2D eigenvalue weighted by Gasteiger charge is 2.14. The van der Waals surface area contributed by atoms with Crippen molar-refractivity contribution in [3.8, 4) is 0 Å². The number of anilines is 1. The summed E-state index contributed by atoms with van der Waals surface area (Å²) >= 11 is 1.75. The molecule has 2 aromatic heterocycles. The van der Waals surface area contributed by atoms with Gasteiger partial charge >= 0.3 is 5.97 Å². The van der Waals surface area contributed by atoms with Crippen LogP contribution < -0.4 is 5.32 Å². The van der Waals surface area contributed by atoms with Gasteiger partial charge in [0.1, 0.15) is 0 Å². The first-order chi connectivity index (χ1) is 8.47. The van der Waals surface area contributed by atoms with Crippen molar-refractivity contribution in [3.63, 3.8) is 0 Å². The summed E-state index contributed by atoms with van der Waals surface area (Å²) in [6, 6.07) is 5.30. The van der Waals surface area contributed by atoms with Crippen molar-refractivity contribution < 1.29 is 14.3 Å². The molecule has 0 bridgehead atoms. The van der Waals surface area contributed by atoms with Crippen LogP contribution in [0.1, 0.15) is 38.8 Å². The van der Waals surface area contributed by atoms with E-state index in [4.69, 9.17) is 9.52 Å². The summed E-state index contributed by atoms with van der Waals surface area (Å²) in [5.41, 5.74) is 1.21. The molecule has 96 valence electrons. The second kappa shape index (κ2) is 4.86. The van der Waals surface area contributed by atoms with Crippen LogP contribution in [0.4, 0.5) is 5.88 Å². The fourth-order valence-electron chi connectivity index (χ4n) is 1.90. The lowest BCUT2D eigenvalue weighted by atomic mass is 10.1. The minimum absolute atomic E-state index is 0.0529. The summed E-state index contributed by atoms with van der Waals surface area (Å²) in [6.07, 6.45) is 0. The summed E-state index contributed by atoms with van der Waals surface area (Å²) in [5, 5.41) is 11.9. The Bertz CT molecular complexity index is 571. The molecule has 2 heterocycles. The molecule has 1 unspecified atom stereocenters. The molecule has 0 aliphatic heterocycles. The van der Waals surface area contributed by atoms with E-state index in [-0.39, 0.29) is 11.8 Å². The number of furan rings is 1. The van der Waals surface area contributed by atoms with Gasteiger partial charge in [0.2, 0.25) is 5.76 Å². The molecule has 0 aliphatic rings. The molecule has 5 heteroatoms. The van der Waals surface area contributed by atoms with Crippen molar-refractivity contribution in [2.24, 2.45) is 0 Å². The average molecular weight is 265 g/mol. The van der Waals surface area contributed by atoms with Crippen LogP contribution in [0.5, 0.6) is 0 Å². The monoisotopic (exact) mass is 265 g/mol. The Hall–Kier alpha value is -1.75. The van der Waals surface area contributed by atoms with Crippen LogP contribution >= 0.6 is 11.3 Å². The lowest BCUT2D eigenvalue weighted by molar-refractivity contribution is 0.0663. The maximum Gasteiger partial charge on any atom is 0.371 e. The van der Waals surface area contributed by atoms with Gasteiger partial charge in [-0.05, 0) is 38.5 Å². The molecule has 2 aromatic rings. The Kier molecular flexibility index (Phi) is 3.43. The van der Waals surface area contributed by atoms with Crippen LogP contribution in [-0.4, -0.2) is 11.1 Å². The predicted octanol–water partition coefficient (Wildman–Crippen LogP) is 3.83. The SMILES string of the molecule is Cc1cc(C(C)Nc2ccc(C(=O)O)o2)c(C)s1. The number of carbonyl (C=O) groups is 1.